The Balaban J connectivity index is 2.19. The van der Waals surface area contributed by atoms with Gasteiger partial charge in [0.25, 0.3) is 0 Å². The van der Waals surface area contributed by atoms with Crippen LogP contribution in [0, 0.1) is 0 Å². The molecule has 3 rings (SSSR count). The molecule has 0 radical (unpaired) electrons. The Morgan fingerprint density at radius 1 is 1.05 bits per heavy atom. The molecule has 1 heterocycles. The molecule has 0 saturated carbocycles. The maximum Gasteiger partial charge on any atom is 0.234 e. The van der Waals surface area contributed by atoms with Gasteiger partial charge in [0.2, 0.25) is 5.91 Å². The molecule has 0 N–H and O–H groups in total. The molecule has 1 amide bonds. The standard InChI is InChI=1S/C18H19NO2/c1-13-14-7-3-4-8-15(14)16-9-5-6-10-17(16)19(18(13)20)11-12-21-2/h3-10,13H,11-12H2,1-2H3/t13-/m0/s1. The molecule has 0 unspecified atom stereocenters. The Labute approximate surface area is 125 Å². The number of fused-ring (bicyclic) bond motifs is 3. The summed E-state index contributed by atoms with van der Waals surface area (Å²) in [4.78, 5) is 14.7. The van der Waals surface area contributed by atoms with Crippen molar-refractivity contribution in [3.8, 4) is 11.1 Å². The van der Waals surface area contributed by atoms with E-state index in [0.717, 1.165) is 22.4 Å². The number of para-hydroxylation sites is 1. The first-order chi connectivity index (χ1) is 10.2. The summed E-state index contributed by atoms with van der Waals surface area (Å²) >= 11 is 0. The molecular formula is C18H19NO2. The van der Waals surface area contributed by atoms with Gasteiger partial charge in [-0.3, -0.25) is 4.79 Å². The number of methoxy groups -OCH3 is 1. The fourth-order valence-corrected chi connectivity index (χ4v) is 2.96. The van der Waals surface area contributed by atoms with Crippen LogP contribution >= 0.6 is 0 Å². The van der Waals surface area contributed by atoms with Gasteiger partial charge < -0.3 is 9.64 Å². The van der Waals surface area contributed by atoms with Gasteiger partial charge in [-0.25, -0.2) is 0 Å². The second-order valence-electron chi connectivity index (χ2n) is 5.31. The fourth-order valence-electron chi connectivity index (χ4n) is 2.96. The Morgan fingerprint density at radius 2 is 1.71 bits per heavy atom. The van der Waals surface area contributed by atoms with Crippen molar-refractivity contribution in [1.82, 2.24) is 0 Å². The van der Waals surface area contributed by atoms with Crippen LogP contribution in [0.4, 0.5) is 5.69 Å². The lowest BCUT2D eigenvalue weighted by Gasteiger charge is -2.24. The monoisotopic (exact) mass is 281 g/mol. The fraction of sp³-hybridized carbons (Fsp3) is 0.278. The predicted octanol–water partition coefficient (Wildman–Crippen LogP) is 3.45. The number of benzene rings is 2. The van der Waals surface area contributed by atoms with Crippen LogP contribution in [0.25, 0.3) is 11.1 Å². The third-order valence-electron chi connectivity index (χ3n) is 4.07. The maximum absolute atomic E-state index is 12.8. The molecule has 21 heavy (non-hydrogen) atoms. The molecule has 0 fully saturated rings. The van der Waals surface area contributed by atoms with E-state index in [4.69, 9.17) is 4.74 Å². The van der Waals surface area contributed by atoms with E-state index in [9.17, 15) is 4.79 Å². The number of hydrogen-bond acceptors (Lipinski definition) is 2. The van der Waals surface area contributed by atoms with Crippen LogP contribution in [0.15, 0.2) is 48.5 Å². The number of hydrogen-bond donors (Lipinski definition) is 0. The van der Waals surface area contributed by atoms with Crippen LogP contribution in [0.5, 0.6) is 0 Å². The topological polar surface area (TPSA) is 29.5 Å². The molecule has 1 aliphatic heterocycles. The minimum atomic E-state index is -0.148. The Bertz CT molecular complexity index is 666. The molecule has 0 spiro atoms. The van der Waals surface area contributed by atoms with Gasteiger partial charge in [0.1, 0.15) is 0 Å². The molecule has 1 atom stereocenters. The van der Waals surface area contributed by atoms with Gasteiger partial charge in [-0.2, -0.15) is 0 Å². The highest BCUT2D eigenvalue weighted by Crippen LogP contribution is 2.40. The summed E-state index contributed by atoms with van der Waals surface area (Å²) in [5.41, 5.74) is 4.32. The van der Waals surface area contributed by atoms with Crippen molar-refractivity contribution in [1.29, 1.82) is 0 Å². The van der Waals surface area contributed by atoms with E-state index < -0.39 is 0 Å². The van der Waals surface area contributed by atoms with Gasteiger partial charge in [-0.15, -0.1) is 0 Å². The lowest BCUT2D eigenvalue weighted by Crippen LogP contribution is -2.36. The lowest BCUT2D eigenvalue weighted by atomic mass is 9.92. The number of anilines is 1. The molecule has 0 aliphatic carbocycles. The van der Waals surface area contributed by atoms with Crippen LogP contribution in [0.1, 0.15) is 18.4 Å². The number of carbonyl (C=O) groups excluding carboxylic acids is 1. The molecule has 2 aromatic rings. The van der Waals surface area contributed by atoms with E-state index in [-0.39, 0.29) is 11.8 Å². The maximum atomic E-state index is 12.8. The van der Waals surface area contributed by atoms with Crippen LogP contribution in [-0.4, -0.2) is 26.2 Å². The summed E-state index contributed by atoms with van der Waals surface area (Å²) in [7, 11) is 1.66. The van der Waals surface area contributed by atoms with Crippen molar-refractivity contribution in [2.45, 2.75) is 12.8 Å². The smallest absolute Gasteiger partial charge is 0.234 e. The zero-order valence-electron chi connectivity index (χ0n) is 12.4. The zero-order chi connectivity index (χ0) is 14.8. The highest BCUT2D eigenvalue weighted by atomic mass is 16.5. The molecule has 108 valence electrons. The minimum Gasteiger partial charge on any atom is -0.383 e. The van der Waals surface area contributed by atoms with Crippen LogP contribution < -0.4 is 4.90 Å². The van der Waals surface area contributed by atoms with Crippen molar-refractivity contribution >= 4 is 11.6 Å². The summed E-state index contributed by atoms with van der Waals surface area (Å²) in [5, 5.41) is 0. The van der Waals surface area contributed by atoms with Crippen LogP contribution in [0.2, 0.25) is 0 Å². The van der Waals surface area contributed by atoms with E-state index in [2.05, 4.69) is 18.2 Å². The predicted molar refractivity (Wildman–Crippen MR) is 84.5 cm³/mol. The van der Waals surface area contributed by atoms with Crippen molar-refractivity contribution in [3.63, 3.8) is 0 Å². The molecule has 1 aliphatic rings. The molecule has 0 aromatic heterocycles. The van der Waals surface area contributed by atoms with Gasteiger partial charge in [0, 0.05) is 19.2 Å². The van der Waals surface area contributed by atoms with Gasteiger partial charge in [0.05, 0.1) is 18.2 Å². The summed E-state index contributed by atoms with van der Waals surface area (Å²) in [5.74, 6) is -0.0186. The van der Waals surface area contributed by atoms with Crippen molar-refractivity contribution in [3.05, 3.63) is 54.1 Å². The quantitative estimate of drug-likeness (QED) is 0.862. The molecule has 3 heteroatoms. The molecule has 3 nitrogen and oxygen atoms in total. The molecule has 0 bridgehead atoms. The molecule has 2 aromatic carbocycles. The third-order valence-corrected chi connectivity index (χ3v) is 4.07. The Hall–Kier alpha value is -2.13. The first-order valence-corrected chi connectivity index (χ1v) is 7.22. The molecular weight excluding hydrogens is 262 g/mol. The normalized spacial score (nSPS) is 17.1. The zero-order valence-corrected chi connectivity index (χ0v) is 12.4. The number of nitrogens with zero attached hydrogens (tertiary/aromatic N) is 1. The second kappa shape index (κ2) is 5.70. The van der Waals surface area contributed by atoms with E-state index in [1.54, 1.807) is 7.11 Å². The second-order valence-corrected chi connectivity index (χ2v) is 5.31. The average Bonchev–Trinajstić information content (AvgIpc) is 2.62. The lowest BCUT2D eigenvalue weighted by molar-refractivity contribution is -0.119. The van der Waals surface area contributed by atoms with Crippen LogP contribution in [-0.2, 0) is 9.53 Å². The van der Waals surface area contributed by atoms with E-state index in [1.807, 2.05) is 42.2 Å². The van der Waals surface area contributed by atoms with Crippen molar-refractivity contribution in [2.24, 2.45) is 0 Å². The van der Waals surface area contributed by atoms with Crippen LogP contribution in [0.3, 0.4) is 0 Å². The van der Waals surface area contributed by atoms with Gasteiger partial charge in [-0.05, 0) is 24.1 Å². The van der Waals surface area contributed by atoms with Crippen molar-refractivity contribution in [2.75, 3.05) is 25.2 Å². The average molecular weight is 281 g/mol. The van der Waals surface area contributed by atoms with Gasteiger partial charge >= 0.3 is 0 Å². The Kier molecular flexibility index (Phi) is 3.76. The number of ether oxygens (including phenoxy) is 1. The van der Waals surface area contributed by atoms with Gasteiger partial charge in [0.15, 0.2) is 0 Å². The number of rotatable bonds is 3. The van der Waals surface area contributed by atoms with Gasteiger partial charge in [-0.1, -0.05) is 42.5 Å². The van der Waals surface area contributed by atoms with E-state index >= 15 is 0 Å². The highest BCUT2D eigenvalue weighted by molar-refractivity contribution is 6.05. The summed E-state index contributed by atoms with van der Waals surface area (Å²) < 4.78 is 5.17. The minimum absolute atomic E-state index is 0.129. The number of amides is 1. The third kappa shape index (κ3) is 2.34. The first-order valence-electron chi connectivity index (χ1n) is 7.22. The SMILES string of the molecule is COCCN1C(=O)[C@@H](C)c2ccccc2-c2ccccc21. The number of carbonyl (C=O) groups is 1. The van der Waals surface area contributed by atoms with Crippen molar-refractivity contribution < 1.29 is 9.53 Å². The Morgan fingerprint density at radius 3 is 2.48 bits per heavy atom. The first kappa shape index (κ1) is 13.8. The summed E-state index contributed by atoms with van der Waals surface area (Å²) in [6, 6.07) is 16.3. The molecule has 0 saturated heterocycles. The highest BCUT2D eigenvalue weighted by Gasteiger charge is 2.30. The van der Waals surface area contributed by atoms with E-state index in [0.29, 0.717) is 13.2 Å². The summed E-state index contributed by atoms with van der Waals surface area (Å²) in [6.45, 7) is 3.08. The van der Waals surface area contributed by atoms with E-state index in [1.165, 1.54) is 0 Å². The largest absolute Gasteiger partial charge is 0.383 e. The summed E-state index contributed by atoms with van der Waals surface area (Å²) in [6.07, 6.45) is 0.